The molecule has 0 aliphatic rings. The molecule has 3 aromatic heterocycles. The van der Waals surface area contributed by atoms with Crippen molar-refractivity contribution in [3.8, 4) is 0 Å². The van der Waals surface area contributed by atoms with Crippen LogP contribution >= 0.6 is 11.6 Å². The van der Waals surface area contributed by atoms with E-state index in [-0.39, 0.29) is 0 Å². The van der Waals surface area contributed by atoms with E-state index in [2.05, 4.69) is 49.5 Å². The molecule has 0 aliphatic carbocycles. The molecule has 28 heavy (non-hydrogen) atoms. The first kappa shape index (κ1) is 18.3. The summed E-state index contributed by atoms with van der Waals surface area (Å²) in [5.41, 5.74) is 3.00. The highest BCUT2D eigenvalue weighted by Crippen LogP contribution is 2.19. The molecule has 142 valence electrons. The predicted octanol–water partition coefficient (Wildman–Crippen LogP) is 4.20. The molecule has 4 aromatic rings. The minimum absolute atomic E-state index is 0.449. The SMILES string of the molecule is Cc1cnn2c(NCCN(Cc3ccccc3)c3ccccn3)cc(Cl)nc12. The lowest BCUT2D eigenvalue weighted by Crippen LogP contribution is -2.29. The van der Waals surface area contributed by atoms with Crippen LogP contribution in [0, 0.1) is 6.92 Å². The molecular formula is C21H21ClN6. The van der Waals surface area contributed by atoms with Crippen LogP contribution in [0.15, 0.2) is 67.0 Å². The van der Waals surface area contributed by atoms with Gasteiger partial charge in [-0.3, -0.25) is 0 Å². The number of benzene rings is 1. The third-order valence-electron chi connectivity index (χ3n) is 4.49. The number of anilines is 2. The van der Waals surface area contributed by atoms with E-state index in [1.807, 2.05) is 37.4 Å². The number of halogens is 1. The van der Waals surface area contributed by atoms with Crippen molar-refractivity contribution in [1.82, 2.24) is 19.6 Å². The Balaban J connectivity index is 1.50. The van der Waals surface area contributed by atoms with Gasteiger partial charge in [-0.1, -0.05) is 48.0 Å². The molecule has 0 saturated carbocycles. The van der Waals surface area contributed by atoms with E-state index in [0.717, 1.165) is 35.9 Å². The van der Waals surface area contributed by atoms with Gasteiger partial charge in [0.1, 0.15) is 16.8 Å². The Morgan fingerprint density at radius 1 is 1.11 bits per heavy atom. The predicted molar refractivity (Wildman–Crippen MR) is 113 cm³/mol. The zero-order valence-corrected chi connectivity index (χ0v) is 16.3. The second kappa shape index (κ2) is 8.27. The van der Waals surface area contributed by atoms with Gasteiger partial charge in [0.05, 0.1) is 6.20 Å². The number of pyridine rings is 1. The average Bonchev–Trinajstić information content (AvgIpc) is 3.09. The highest BCUT2D eigenvalue weighted by atomic mass is 35.5. The largest absolute Gasteiger partial charge is 0.368 e. The molecule has 0 bridgehead atoms. The van der Waals surface area contributed by atoms with Crippen LogP contribution in [0.1, 0.15) is 11.1 Å². The lowest BCUT2D eigenvalue weighted by Gasteiger charge is -2.24. The number of nitrogens with zero attached hydrogens (tertiary/aromatic N) is 5. The van der Waals surface area contributed by atoms with Gasteiger partial charge >= 0.3 is 0 Å². The van der Waals surface area contributed by atoms with E-state index in [1.54, 1.807) is 16.8 Å². The molecule has 0 atom stereocenters. The van der Waals surface area contributed by atoms with Gasteiger partial charge in [-0.15, -0.1) is 0 Å². The fourth-order valence-corrected chi connectivity index (χ4v) is 3.29. The van der Waals surface area contributed by atoms with Gasteiger partial charge in [-0.2, -0.15) is 9.61 Å². The van der Waals surface area contributed by atoms with Crippen LogP contribution in [-0.2, 0) is 6.54 Å². The fraction of sp³-hybridized carbons (Fsp3) is 0.190. The quantitative estimate of drug-likeness (QED) is 0.477. The van der Waals surface area contributed by atoms with Crippen LogP contribution in [0.4, 0.5) is 11.6 Å². The molecule has 7 heteroatoms. The zero-order valence-electron chi connectivity index (χ0n) is 15.6. The number of aromatic nitrogens is 4. The van der Waals surface area contributed by atoms with Crippen molar-refractivity contribution in [2.45, 2.75) is 13.5 Å². The summed E-state index contributed by atoms with van der Waals surface area (Å²) in [5.74, 6) is 1.77. The second-order valence-electron chi connectivity index (χ2n) is 6.55. The monoisotopic (exact) mass is 392 g/mol. The van der Waals surface area contributed by atoms with Crippen molar-refractivity contribution in [2.24, 2.45) is 0 Å². The van der Waals surface area contributed by atoms with Gasteiger partial charge in [0.2, 0.25) is 0 Å². The lowest BCUT2D eigenvalue weighted by molar-refractivity contribution is 0.785. The molecular weight excluding hydrogens is 372 g/mol. The van der Waals surface area contributed by atoms with Crippen LogP contribution < -0.4 is 10.2 Å². The standard InChI is InChI=1S/C21H21ClN6/c1-16-14-25-28-20(13-18(22)26-21(16)28)24-11-12-27(19-9-5-6-10-23-19)15-17-7-3-2-4-8-17/h2-10,13-14,24H,11-12,15H2,1H3. The number of fused-ring (bicyclic) bond motifs is 1. The van der Waals surface area contributed by atoms with E-state index in [9.17, 15) is 0 Å². The summed E-state index contributed by atoms with van der Waals surface area (Å²) >= 11 is 6.18. The number of rotatable bonds is 7. The van der Waals surface area contributed by atoms with Crippen LogP contribution in [0.3, 0.4) is 0 Å². The third kappa shape index (κ3) is 4.07. The maximum absolute atomic E-state index is 6.18. The van der Waals surface area contributed by atoms with Crippen LogP contribution in [0.25, 0.3) is 5.65 Å². The summed E-state index contributed by atoms with van der Waals surface area (Å²) in [6, 6.07) is 18.2. The Bertz CT molecular complexity index is 1050. The van der Waals surface area contributed by atoms with Crippen LogP contribution in [0.5, 0.6) is 0 Å². The molecule has 0 radical (unpaired) electrons. The summed E-state index contributed by atoms with van der Waals surface area (Å²) < 4.78 is 1.78. The summed E-state index contributed by atoms with van der Waals surface area (Å²) in [6.45, 7) is 4.23. The van der Waals surface area contributed by atoms with E-state index in [4.69, 9.17) is 11.6 Å². The minimum Gasteiger partial charge on any atom is -0.368 e. The van der Waals surface area contributed by atoms with Gasteiger partial charge in [0, 0.05) is 37.5 Å². The molecule has 6 nitrogen and oxygen atoms in total. The Morgan fingerprint density at radius 3 is 2.71 bits per heavy atom. The first-order chi connectivity index (χ1) is 13.7. The van der Waals surface area contributed by atoms with E-state index in [1.165, 1.54) is 5.56 Å². The molecule has 0 spiro atoms. The summed E-state index contributed by atoms with van der Waals surface area (Å²) in [5, 5.41) is 8.27. The highest BCUT2D eigenvalue weighted by molar-refractivity contribution is 6.29. The van der Waals surface area contributed by atoms with Crippen molar-refractivity contribution in [2.75, 3.05) is 23.3 Å². The van der Waals surface area contributed by atoms with Gasteiger partial charge in [0.25, 0.3) is 0 Å². The second-order valence-corrected chi connectivity index (χ2v) is 6.94. The molecule has 0 saturated heterocycles. The van der Waals surface area contributed by atoms with Crippen molar-refractivity contribution >= 4 is 28.9 Å². The van der Waals surface area contributed by atoms with Crippen molar-refractivity contribution in [3.05, 3.63) is 83.3 Å². The van der Waals surface area contributed by atoms with Crippen molar-refractivity contribution in [1.29, 1.82) is 0 Å². The van der Waals surface area contributed by atoms with Crippen LogP contribution in [0.2, 0.25) is 5.15 Å². The molecule has 0 fully saturated rings. The number of aryl methyl sites for hydroxylation is 1. The number of hydrogen-bond donors (Lipinski definition) is 1. The van der Waals surface area contributed by atoms with E-state index >= 15 is 0 Å². The molecule has 1 aromatic carbocycles. The summed E-state index contributed by atoms with van der Waals surface area (Å²) in [7, 11) is 0. The zero-order chi connectivity index (χ0) is 19.3. The summed E-state index contributed by atoms with van der Waals surface area (Å²) in [6.07, 6.45) is 3.61. The topological polar surface area (TPSA) is 58.4 Å². The molecule has 0 amide bonds. The first-order valence-corrected chi connectivity index (χ1v) is 9.53. The molecule has 3 heterocycles. The summed E-state index contributed by atoms with van der Waals surface area (Å²) in [4.78, 5) is 11.1. The molecule has 4 rings (SSSR count). The fourth-order valence-electron chi connectivity index (χ4n) is 3.11. The minimum atomic E-state index is 0.449. The van der Waals surface area contributed by atoms with Crippen molar-refractivity contribution < 1.29 is 0 Å². The highest BCUT2D eigenvalue weighted by Gasteiger charge is 2.11. The normalized spacial score (nSPS) is 10.9. The molecule has 0 aliphatic heterocycles. The maximum atomic E-state index is 6.18. The Kier molecular flexibility index (Phi) is 5.39. The number of hydrogen-bond acceptors (Lipinski definition) is 5. The average molecular weight is 393 g/mol. The number of nitrogens with one attached hydrogen (secondary N) is 1. The Labute approximate surface area is 168 Å². The van der Waals surface area contributed by atoms with Gasteiger partial charge in [-0.25, -0.2) is 9.97 Å². The van der Waals surface area contributed by atoms with E-state index < -0.39 is 0 Å². The first-order valence-electron chi connectivity index (χ1n) is 9.15. The van der Waals surface area contributed by atoms with Gasteiger partial charge in [0.15, 0.2) is 5.65 Å². The molecule has 1 N–H and O–H groups in total. The van der Waals surface area contributed by atoms with Crippen molar-refractivity contribution in [3.63, 3.8) is 0 Å². The Hall–Kier alpha value is -3.12. The van der Waals surface area contributed by atoms with Crippen LogP contribution in [-0.4, -0.2) is 32.7 Å². The van der Waals surface area contributed by atoms with Gasteiger partial charge < -0.3 is 10.2 Å². The van der Waals surface area contributed by atoms with E-state index in [0.29, 0.717) is 11.7 Å². The smallest absolute Gasteiger partial charge is 0.161 e. The molecule has 0 unspecified atom stereocenters. The lowest BCUT2D eigenvalue weighted by atomic mass is 10.2. The maximum Gasteiger partial charge on any atom is 0.161 e. The Morgan fingerprint density at radius 2 is 1.93 bits per heavy atom. The third-order valence-corrected chi connectivity index (χ3v) is 4.69. The van der Waals surface area contributed by atoms with Gasteiger partial charge in [-0.05, 0) is 24.6 Å².